The van der Waals surface area contributed by atoms with Crippen LogP contribution < -0.4 is 14.8 Å². The molecule has 0 spiro atoms. The van der Waals surface area contributed by atoms with Crippen molar-refractivity contribution in [3.63, 3.8) is 0 Å². The summed E-state index contributed by atoms with van der Waals surface area (Å²) in [6.07, 6.45) is 0. The quantitative estimate of drug-likeness (QED) is 0.871. The van der Waals surface area contributed by atoms with Crippen molar-refractivity contribution in [2.45, 2.75) is 18.7 Å². The van der Waals surface area contributed by atoms with E-state index in [0.717, 1.165) is 33.5 Å². The number of carbonyl (C=O) groups excluding carboxylic acids is 1. The molecule has 0 saturated carbocycles. The molecule has 2 aromatic rings. The Hall–Kier alpha value is -2.15. The molecule has 3 rings (SSSR count). The van der Waals surface area contributed by atoms with E-state index in [2.05, 4.69) is 10.4 Å². The Morgan fingerprint density at radius 3 is 2.74 bits per heavy atom. The van der Waals surface area contributed by atoms with Gasteiger partial charge in [0.05, 0.1) is 22.8 Å². The van der Waals surface area contributed by atoms with Gasteiger partial charge in [-0.2, -0.15) is 5.10 Å². The summed E-state index contributed by atoms with van der Waals surface area (Å²) in [5.74, 6) is 1.77. The van der Waals surface area contributed by atoms with E-state index >= 15 is 0 Å². The van der Waals surface area contributed by atoms with Crippen LogP contribution in [0, 0.1) is 13.8 Å². The number of fused-ring (bicyclic) bond motifs is 1. The molecule has 0 radical (unpaired) electrons. The van der Waals surface area contributed by atoms with Gasteiger partial charge in [0.25, 0.3) is 0 Å². The SMILES string of the molecule is Cc1nn(C)c(C)c1NC(=O)CSc1ccc2c(c1)OCCO2. The van der Waals surface area contributed by atoms with E-state index < -0.39 is 0 Å². The molecule has 1 aliphatic heterocycles. The lowest BCUT2D eigenvalue weighted by Gasteiger charge is -2.18. The predicted molar refractivity (Wildman–Crippen MR) is 89.5 cm³/mol. The van der Waals surface area contributed by atoms with Gasteiger partial charge in [0.2, 0.25) is 5.91 Å². The molecule has 23 heavy (non-hydrogen) atoms. The van der Waals surface area contributed by atoms with Gasteiger partial charge in [-0.1, -0.05) is 0 Å². The summed E-state index contributed by atoms with van der Waals surface area (Å²) < 4.78 is 12.8. The highest BCUT2D eigenvalue weighted by Crippen LogP contribution is 2.34. The number of anilines is 1. The van der Waals surface area contributed by atoms with E-state index in [9.17, 15) is 4.79 Å². The fourth-order valence-electron chi connectivity index (χ4n) is 2.39. The van der Waals surface area contributed by atoms with Crippen molar-refractivity contribution in [3.8, 4) is 11.5 Å². The van der Waals surface area contributed by atoms with Gasteiger partial charge in [-0.25, -0.2) is 0 Å². The fraction of sp³-hybridized carbons (Fsp3) is 0.375. The molecule has 7 heteroatoms. The molecular formula is C16H19N3O3S. The average Bonchev–Trinajstić information content (AvgIpc) is 2.79. The van der Waals surface area contributed by atoms with E-state index in [1.165, 1.54) is 11.8 Å². The number of aromatic nitrogens is 2. The van der Waals surface area contributed by atoms with E-state index in [0.29, 0.717) is 19.0 Å². The van der Waals surface area contributed by atoms with E-state index in [-0.39, 0.29) is 5.91 Å². The Balaban J connectivity index is 1.61. The molecule has 0 bridgehead atoms. The van der Waals surface area contributed by atoms with Gasteiger partial charge in [-0.3, -0.25) is 9.48 Å². The first-order chi connectivity index (χ1) is 11.0. The molecule has 1 N–H and O–H groups in total. The number of benzene rings is 1. The Bertz CT molecular complexity index is 742. The number of hydrogen-bond donors (Lipinski definition) is 1. The molecule has 0 saturated heterocycles. The van der Waals surface area contributed by atoms with Crippen molar-refractivity contribution in [3.05, 3.63) is 29.6 Å². The van der Waals surface area contributed by atoms with Crippen LogP contribution in [0.3, 0.4) is 0 Å². The predicted octanol–water partition coefficient (Wildman–Crippen LogP) is 2.54. The zero-order valence-electron chi connectivity index (χ0n) is 13.4. The molecule has 1 aromatic heterocycles. The van der Waals surface area contributed by atoms with E-state index in [4.69, 9.17) is 9.47 Å². The third-order valence-corrected chi connectivity index (χ3v) is 4.65. The summed E-state index contributed by atoms with van der Waals surface area (Å²) in [4.78, 5) is 13.1. The minimum Gasteiger partial charge on any atom is -0.486 e. The van der Waals surface area contributed by atoms with Crippen LogP contribution in [0.15, 0.2) is 23.1 Å². The number of nitrogens with zero attached hydrogens (tertiary/aromatic N) is 2. The first-order valence-electron chi connectivity index (χ1n) is 7.37. The standard InChI is InChI=1S/C16H19N3O3S/c1-10-16(11(2)19(3)18-10)17-15(20)9-23-12-4-5-13-14(8-12)22-7-6-21-13/h4-5,8H,6-7,9H2,1-3H3,(H,17,20). The molecule has 122 valence electrons. The Labute approximate surface area is 139 Å². The summed E-state index contributed by atoms with van der Waals surface area (Å²) in [5, 5.41) is 7.23. The summed E-state index contributed by atoms with van der Waals surface area (Å²) in [5.41, 5.74) is 2.56. The molecule has 1 aliphatic rings. The summed E-state index contributed by atoms with van der Waals surface area (Å²) >= 11 is 1.46. The number of ether oxygens (including phenoxy) is 2. The van der Waals surface area contributed by atoms with Crippen LogP contribution in [0.2, 0.25) is 0 Å². The van der Waals surface area contributed by atoms with E-state index in [1.54, 1.807) is 4.68 Å². The Morgan fingerprint density at radius 2 is 2.04 bits per heavy atom. The molecule has 2 heterocycles. The molecule has 6 nitrogen and oxygen atoms in total. The maximum atomic E-state index is 12.2. The lowest BCUT2D eigenvalue weighted by atomic mass is 10.3. The molecule has 0 atom stereocenters. The maximum absolute atomic E-state index is 12.2. The highest BCUT2D eigenvalue weighted by Gasteiger charge is 2.14. The largest absolute Gasteiger partial charge is 0.486 e. The monoisotopic (exact) mass is 333 g/mol. The Morgan fingerprint density at radius 1 is 1.30 bits per heavy atom. The number of nitrogens with one attached hydrogen (secondary N) is 1. The van der Waals surface area contributed by atoms with Crippen LogP contribution in [0.25, 0.3) is 0 Å². The minimum atomic E-state index is -0.0518. The normalized spacial score (nSPS) is 13.0. The lowest BCUT2D eigenvalue weighted by Crippen LogP contribution is -2.16. The number of thioether (sulfide) groups is 1. The molecule has 0 fully saturated rings. The van der Waals surface area contributed by atoms with E-state index in [1.807, 2.05) is 39.1 Å². The van der Waals surface area contributed by atoms with Gasteiger partial charge >= 0.3 is 0 Å². The van der Waals surface area contributed by atoms with Gasteiger partial charge in [-0.15, -0.1) is 11.8 Å². The second kappa shape index (κ2) is 6.54. The Kier molecular flexibility index (Phi) is 4.47. The van der Waals surface area contributed by atoms with Crippen LogP contribution in [0.5, 0.6) is 11.5 Å². The van der Waals surface area contributed by atoms with Gasteiger partial charge in [0, 0.05) is 11.9 Å². The molecule has 1 amide bonds. The molecular weight excluding hydrogens is 314 g/mol. The summed E-state index contributed by atoms with van der Waals surface area (Å²) in [7, 11) is 1.86. The molecule has 0 unspecified atom stereocenters. The maximum Gasteiger partial charge on any atom is 0.234 e. The van der Waals surface area contributed by atoms with Crippen LogP contribution in [0.1, 0.15) is 11.4 Å². The van der Waals surface area contributed by atoms with Crippen LogP contribution in [-0.2, 0) is 11.8 Å². The smallest absolute Gasteiger partial charge is 0.234 e. The van der Waals surface area contributed by atoms with Gasteiger partial charge < -0.3 is 14.8 Å². The van der Waals surface area contributed by atoms with Crippen LogP contribution in [0.4, 0.5) is 5.69 Å². The third kappa shape index (κ3) is 3.44. The zero-order chi connectivity index (χ0) is 16.4. The summed E-state index contributed by atoms with van der Waals surface area (Å²) in [6.45, 7) is 4.95. The van der Waals surface area contributed by atoms with Crippen molar-refractivity contribution in [1.82, 2.24) is 9.78 Å². The highest BCUT2D eigenvalue weighted by atomic mass is 32.2. The van der Waals surface area contributed by atoms with Crippen LogP contribution in [-0.4, -0.2) is 34.7 Å². The number of carbonyl (C=O) groups is 1. The minimum absolute atomic E-state index is 0.0518. The van der Waals surface area contributed by atoms with Crippen molar-refractivity contribution in [2.24, 2.45) is 7.05 Å². The lowest BCUT2D eigenvalue weighted by molar-refractivity contribution is -0.113. The summed E-state index contributed by atoms with van der Waals surface area (Å²) in [6, 6.07) is 5.73. The first-order valence-corrected chi connectivity index (χ1v) is 8.35. The highest BCUT2D eigenvalue weighted by molar-refractivity contribution is 8.00. The average molecular weight is 333 g/mol. The van der Waals surface area contributed by atoms with Gasteiger partial charge in [0.15, 0.2) is 11.5 Å². The van der Waals surface area contributed by atoms with Crippen molar-refractivity contribution in [1.29, 1.82) is 0 Å². The first kappa shape index (κ1) is 15.7. The third-order valence-electron chi connectivity index (χ3n) is 3.66. The molecule has 0 aliphatic carbocycles. The van der Waals surface area contributed by atoms with Crippen molar-refractivity contribution in [2.75, 3.05) is 24.3 Å². The van der Waals surface area contributed by atoms with Crippen molar-refractivity contribution < 1.29 is 14.3 Å². The number of aryl methyl sites for hydroxylation is 2. The van der Waals surface area contributed by atoms with Gasteiger partial charge in [0.1, 0.15) is 13.2 Å². The van der Waals surface area contributed by atoms with Crippen molar-refractivity contribution >= 4 is 23.4 Å². The topological polar surface area (TPSA) is 65.4 Å². The zero-order valence-corrected chi connectivity index (χ0v) is 14.2. The second-order valence-electron chi connectivity index (χ2n) is 5.31. The number of hydrogen-bond acceptors (Lipinski definition) is 5. The number of amides is 1. The number of rotatable bonds is 4. The molecule has 1 aromatic carbocycles. The van der Waals surface area contributed by atoms with Crippen LogP contribution >= 0.6 is 11.8 Å². The van der Waals surface area contributed by atoms with Gasteiger partial charge in [-0.05, 0) is 32.0 Å². The fourth-order valence-corrected chi connectivity index (χ4v) is 3.12. The second-order valence-corrected chi connectivity index (χ2v) is 6.36.